The maximum Gasteiger partial charge on any atom is 0.123 e. The monoisotopic (exact) mass is 379 g/mol. The fourth-order valence-corrected chi connectivity index (χ4v) is 4.23. The number of hydrogen-bond donors (Lipinski definition) is 1. The van der Waals surface area contributed by atoms with Crippen LogP contribution in [0.4, 0.5) is 10.1 Å². The Morgan fingerprint density at radius 3 is 2.71 bits per heavy atom. The Labute approximate surface area is 167 Å². The van der Waals surface area contributed by atoms with Gasteiger partial charge in [0.1, 0.15) is 5.82 Å². The van der Waals surface area contributed by atoms with E-state index in [9.17, 15) is 4.39 Å². The van der Waals surface area contributed by atoms with Gasteiger partial charge in [-0.05, 0) is 79.9 Å². The van der Waals surface area contributed by atoms with Crippen LogP contribution in [0.15, 0.2) is 42.5 Å². The Morgan fingerprint density at radius 1 is 1.11 bits per heavy atom. The summed E-state index contributed by atoms with van der Waals surface area (Å²) in [7, 11) is 4.23. The lowest BCUT2D eigenvalue weighted by atomic mass is 10.0. The number of anilines is 1. The molecule has 0 amide bonds. The van der Waals surface area contributed by atoms with Gasteiger partial charge in [-0.3, -0.25) is 0 Å². The summed E-state index contributed by atoms with van der Waals surface area (Å²) in [5, 5.41) is 3.69. The fraction of sp³-hybridized carbons (Fsp3) is 0.417. The molecule has 148 valence electrons. The Bertz CT molecular complexity index is 851. The number of fused-ring (bicyclic) bond motifs is 1. The van der Waals surface area contributed by atoms with Crippen molar-refractivity contribution in [3.63, 3.8) is 0 Å². The van der Waals surface area contributed by atoms with Gasteiger partial charge in [-0.2, -0.15) is 0 Å². The van der Waals surface area contributed by atoms with Crippen LogP contribution in [0.25, 0.3) is 11.6 Å². The molecule has 0 bridgehead atoms. The number of nitrogens with one attached hydrogen (secondary N) is 1. The minimum atomic E-state index is -0.160. The SMILES string of the molecule is CN(C)CCNC1CCN(c2cccc(C3=Cc4cc(F)ccc4C3)c2)CC1. The lowest BCUT2D eigenvalue weighted by Gasteiger charge is -2.34. The van der Waals surface area contributed by atoms with Gasteiger partial charge < -0.3 is 15.1 Å². The van der Waals surface area contributed by atoms with Crippen LogP contribution in [0.2, 0.25) is 0 Å². The molecule has 1 aliphatic heterocycles. The molecule has 0 unspecified atom stereocenters. The van der Waals surface area contributed by atoms with E-state index < -0.39 is 0 Å². The molecular weight excluding hydrogens is 349 g/mol. The van der Waals surface area contributed by atoms with Crippen LogP contribution in [0.3, 0.4) is 0 Å². The van der Waals surface area contributed by atoms with Gasteiger partial charge in [-0.15, -0.1) is 0 Å². The highest BCUT2D eigenvalue weighted by Crippen LogP contribution is 2.33. The molecule has 1 fully saturated rings. The minimum absolute atomic E-state index is 0.160. The first-order valence-corrected chi connectivity index (χ1v) is 10.3. The summed E-state index contributed by atoms with van der Waals surface area (Å²) in [5.74, 6) is -0.160. The predicted molar refractivity (Wildman–Crippen MR) is 116 cm³/mol. The third-order valence-electron chi connectivity index (χ3n) is 5.89. The van der Waals surface area contributed by atoms with Crippen molar-refractivity contribution in [3.8, 4) is 0 Å². The molecule has 28 heavy (non-hydrogen) atoms. The third kappa shape index (κ3) is 4.45. The van der Waals surface area contributed by atoms with Crippen molar-refractivity contribution in [2.45, 2.75) is 25.3 Å². The average Bonchev–Trinajstić information content (AvgIpc) is 3.12. The summed E-state index contributed by atoms with van der Waals surface area (Å²) in [6.07, 6.45) is 5.39. The van der Waals surface area contributed by atoms with Crippen molar-refractivity contribution in [3.05, 3.63) is 65.0 Å². The van der Waals surface area contributed by atoms with Crippen LogP contribution in [0.5, 0.6) is 0 Å². The second-order valence-corrected chi connectivity index (χ2v) is 8.26. The molecule has 2 aromatic carbocycles. The molecule has 0 saturated carbocycles. The van der Waals surface area contributed by atoms with E-state index in [0.717, 1.165) is 38.2 Å². The maximum atomic E-state index is 13.5. The van der Waals surface area contributed by atoms with E-state index in [2.05, 4.69) is 59.6 Å². The zero-order valence-electron chi connectivity index (χ0n) is 16.9. The summed E-state index contributed by atoms with van der Waals surface area (Å²) in [4.78, 5) is 4.72. The van der Waals surface area contributed by atoms with Crippen molar-refractivity contribution in [1.29, 1.82) is 0 Å². The number of nitrogens with zero attached hydrogens (tertiary/aromatic N) is 2. The first kappa shape index (κ1) is 19.2. The number of likely N-dealkylation sites (N-methyl/N-ethyl adjacent to an activating group) is 1. The molecular formula is C24H30FN3. The van der Waals surface area contributed by atoms with Crippen molar-refractivity contribution in [2.75, 3.05) is 45.2 Å². The number of halogens is 1. The van der Waals surface area contributed by atoms with Gasteiger partial charge in [0.15, 0.2) is 0 Å². The third-order valence-corrected chi connectivity index (χ3v) is 5.89. The zero-order chi connectivity index (χ0) is 19.5. The number of rotatable bonds is 6. The summed E-state index contributed by atoms with van der Waals surface area (Å²) in [5.41, 5.74) is 6.06. The molecule has 2 aliphatic rings. The standard InChI is InChI=1S/C24H30FN3/c1-27(2)13-10-26-23-8-11-28(12-9-23)24-5-3-4-18(17-24)20-14-19-6-7-22(25)16-21(19)15-20/h3-7,15-17,23,26H,8-14H2,1-2H3. The van der Waals surface area contributed by atoms with Crippen molar-refractivity contribution >= 4 is 17.3 Å². The van der Waals surface area contributed by atoms with Gasteiger partial charge in [0.2, 0.25) is 0 Å². The Kier molecular flexibility index (Phi) is 5.79. The van der Waals surface area contributed by atoms with Crippen LogP contribution in [0, 0.1) is 5.82 Å². The van der Waals surface area contributed by atoms with Gasteiger partial charge in [-0.1, -0.05) is 24.3 Å². The first-order valence-electron chi connectivity index (χ1n) is 10.3. The molecule has 1 aliphatic carbocycles. The van der Waals surface area contributed by atoms with Gasteiger partial charge in [-0.25, -0.2) is 4.39 Å². The van der Waals surface area contributed by atoms with Crippen LogP contribution in [-0.4, -0.2) is 51.2 Å². The second kappa shape index (κ2) is 8.46. The Morgan fingerprint density at radius 2 is 1.93 bits per heavy atom. The number of allylic oxidation sites excluding steroid dienone is 1. The Balaban J connectivity index is 1.38. The van der Waals surface area contributed by atoms with E-state index in [4.69, 9.17) is 0 Å². The molecule has 0 atom stereocenters. The van der Waals surface area contributed by atoms with Gasteiger partial charge in [0.25, 0.3) is 0 Å². The maximum absolute atomic E-state index is 13.5. The highest BCUT2D eigenvalue weighted by Gasteiger charge is 2.20. The summed E-state index contributed by atoms with van der Waals surface area (Å²) in [6.45, 7) is 4.33. The normalized spacial score (nSPS) is 17.1. The fourth-order valence-electron chi connectivity index (χ4n) is 4.23. The van der Waals surface area contributed by atoms with Gasteiger partial charge in [0.05, 0.1) is 0 Å². The highest BCUT2D eigenvalue weighted by atomic mass is 19.1. The van der Waals surface area contributed by atoms with E-state index >= 15 is 0 Å². The molecule has 1 saturated heterocycles. The molecule has 1 heterocycles. The minimum Gasteiger partial charge on any atom is -0.371 e. The second-order valence-electron chi connectivity index (χ2n) is 8.26. The number of hydrogen-bond acceptors (Lipinski definition) is 3. The molecule has 0 radical (unpaired) electrons. The largest absolute Gasteiger partial charge is 0.371 e. The van der Waals surface area contributed by atoms with Gasteiger partial charge in [0, 0.05) is 37.9 Å². The smallest absolute Gasteiger partial charge is 0.123 e. The molecule has 4 rings (SSSR count). The topological polar surface area (TPSA) is 18.5 Å². The first-order chi connectivity index (χ1) is 13.6. The van der Waals surface area contributed by atoms with Crippen molar-refractivity contribution < 1.29 is 4.39 Å². The van der Waals surface area contributed by atoms with Gasteiger partial charge >= 0.3 is 0 Å². The Hall–Kier alpha value is -2.17. The number of piperidine rings is 1. The highest BCUT2D eigenvalue weighted by molar-refractivity contribution is 5.89. The average molecular weight is 380 g/mol. The lowest BCUT2D eigenvalue weighted by Crippen LogP contribution is -2.44. The molecule has 0 aromatic heterocycles. The van der Waals surface area contributed by atoms with E-state index in [1.807, 2.05) is 6.07 Å². The summed E-state index contributed by atoms with van der Waals surface area (Å²) < 4.78 is 13.5. The summed E-state index contributed by atoms with van der Waals surface area (Å²) in [6, 6.07) is 14.6. The quantitative estimate of drug-likeness (QED) is 0.817. The molecule has 0 spiro atoms. The predicted octanol–water partition coefficient (Wildman–Crippen LogP) is 4.04. The number of benzene rings is 2. The lowest BCUT2D eigenvalue weighted by molar-refractivity contribution is 0.359. The van der Waals surface area contributed by atoms with E-state index in [1.54, 1.807) is 12.1 Å². The van der Waals surface area contributed by atoms with E-state index in [1.165, 1.54) is 35.2 Å². The van der Waals surface area contributed by atoms with E-state index in [0.29, 0.717) is 6.04 Å². The molecule has 3 nitrogen and oxygen atoms in total. The van der Waals surface area contributed by atoms with Crippen LogP contribution in [-0.2, 0) is 6.42 Å². The zero-order valence-corrected chi connectivity index (χ0v) is 16.9. The van der Waals surface area contributed by atoms with Crippen LogP contribution < -0.4 is 10.2 Å². The van der Waals surface area contributed by atoms with Crippen molar-refractivity contribution in [2.24, 2.45) is 0 Å². The van der Waals surface area contributed by atoms with Crippen LogP contribution >= 0.6 is 0 Å². The molecule has 4 heteroatoms. The summed E-state index contributed by atoms with van der Waals surface area (Å²) >= 11 is 0. The van der Waals surface area contributed by atoms with Crippen LogP contribution in [0.1, 0.15) is 29.5 Å². The van der Waals surface area contributed by atoms with E-state index in [-0.39, 0.29) is 5.82 Å². The molecule has 2 aromatic rings. The van der Waals surface area contributed by atoms with Crippen molar-refractivity contribution in [1.82, 2.24) is 10.2 Å². The molecule has 1 N–H and O–H groups in total.